The van der Waals surface area contributed by atoms with Crippen molar-refractivity contribution in [3.63, 3.8) is 0 Å². The van der Waals surface area contributed by atoms with Crippen LogP contribution in [-0.4, -0.2) is 17.7 Å². The van der Waals surface area contributed by atoms with Crippen molar-refractivity contribution in [2.45, 2.75) is 97.0 Å². The lowest BCUT2D eigenvalue weighted by molar-refractivity contribution is -0.150. The van der Waals surface area contributed by atoms with Gasteiger partial charge in [-0.15, -0.1) is 0 Å². The largest absolute Gasteiger partial charge is 0.493 e. The number of benzene rings is 2. The van der Waals surface area contributed by atoms with Crippen LogP contribution in [0.5, 0.6) is 11.5 Å². The Morgan fingerprint density at radius 3 is 2.53 bits per heavy atom. The molecule has 1 spiro atoms. The van der Waals surface area contributed by atoms with E-state index < -0.39 is 5.97 Å². The van der Waals surface area contributed by atoms with Gasteiger partial charge in [0.25, 0.3) is 0 Å². The number of aryl methyl sites for hydroxylation is 1. The Hall–Kier alpha value is -2.49. The Kier molecular flexibility index (Phi) is 6.82. The van der Waals surface area contributed by atoms with Crippen molar-refractivity contribution < 1.29 is 19.4 Å². The predicted molar refractivity (Wildman–Crippen MR) is 143 cm³/mol. The van der Waals surface area contributed by atoms with Gasteiger partial charge in [-0.1, -0.05) is 46.2 Å². The molecule has 3 unspecified atom stereocenters. The van der Waals surface area contributed by atoms with E-state index in [1.165, 1.54) is 36.0 Å². The van der Waals surface area contributed by atoms with Gasteiger partial charge in [0.2, 0.25) is 0 Å². The molecule has 0 bridgehead atoms. The summed E-state index contributed by atoms with van der Waals surface area (Å²) in [5.41, 5.74) is 5.07. The van der Waals surface area contributed by atoms with Crippen LogP contribution in [0.1, 0.15) is 101 Å². The number of carboxylic acid groups (broad SMARTS) is 1. The standard InChI is InChI=1S/C32H42O4/c1-21(2)19-36-29-12-9-22(17-25(29)26-8-6-14-31(26,3)4)20-35-24-11-10-23-7-5-15-32(28(23)18-24)16-13-27(32)30(33)34/h9-12,17-18,21,26-27H,5-8,13-16,19-20H2,1-4H3,(H,33,34). The summed E-state index contributed by atoms with van der Waals surface area (Å²) >= 11 is 0. The van der Waals surface area contributed by atoms with E-state index in [0.29, 0.717) is 18.4 Å². The summed E-state index contributed by atoms with van der Waals surface area (Å²) in [6, 6.07) is 12.9. The molecule has 2 saturated carbocycles. The van der Waals surface area contributed by atoms with Crippen molar-refractivity contribution in [3.05, 3.63) is 58.7 Å². The summed E-state index contributed by atoms with van der Waals surface area (Å²) < 4.78 is 12.6. The van der Waals surface area contributed by atoms with Gasteiger partial charge in [0.05, 0.1) is 12.5 Å². The van der Waals surface area contributed by atoms with Crippen LogP contribution in [0.2, 0.25) is 0 Å². The summed E-state index contributed by atoms with van der Waals surface area (Å²) in [5.74, 6) is 1.93. The van der Waals surface area contributed by atoms with Crippen molar-refractivity contribution in [1.82, 2.24) is 0 Å². The maximum absolute atomic E-state index is 11.9. The Balaban J connectivity index is 1.37. The van der Waals surface area contributed by atoms with Gasteiger partial charge >= 0.3 is 5.97 Å². The fraction of sp³-hybridized carbons (Fsp3) is 0.594. The van der Waals surface area contributed by atoms with Crippen LogP contribution in [-0.2, 0) is 23.2 Å². The Morgan fingerprint density at radius 1 is 1.03 bits per heavy atom. The maximum atomic E-state index is 11.9. The average Bonchev–Trinajstić information content (AvgIpc) is 3.18. The third-order valence-electron chi connectivity index (χ3n) is 9.22. The summed E-state index contributed by atoms with van der Waals surface area (Å²) in [5, 5.41) is 9.80. The van der Waals surface area contributed by atoms with Gasteiger partial charge in [-0.2, -0.15) is 0 Å². The molecule has 0 heterocycles. The molecular formula is C32H42O4. The zero-order chi connectivity index (χ0) is 25.5. The average molecular weight is 491 g/mol. The number of rotatable bonds is 8. The molecule has 4 nitrogen and oxygen atoms in total. The molecule has 2 aromatic carbocycles. The highest BCUT2D eigenvalue weighted by Gasteiger charge is 2.53. The molecule has 5 rings (SSSR count). The Morgan fingerprint density at radius 2 is 1.86 bits per heavy atom. The molecule has 0 amide bonds. The molecular weight excluding hydrogens is 448 g/mol. The number of hydrogen-bond acceptors (Lipinski definition) is 3. The summed E-state index contributed by atoms with van der Waals surface area (Å²) in [6.07, 6.45) is 8.53. The molecule has 2 fully saturated rings. The van der Waals surface area contributed by atoms with Gasteiger partial charge < -0.3 is 14.6 Å². The SMILES string of the molecule is CC(C)COc1ccc(COc2ccc3c(c2)C2(CCC3)CCC2C(=O)O)cc1C1CCCC1(C)C. The van der Waals surface area contributed by atoms with Crippen LogP contribution in [0, 0.1) is 17.3 Å². The van der Waals surface area contributed by atoms with E-state index >= 15 is 0 Å². The highest BCUT2D eigenvalue weighted by molar-refractivity contribution is 5.74. The first kappa shape index (κ1) is 25.2. The highest BCUT2D eigenvalue weighted by atomic mass is 16.5. The van der Waals surface area contributed by atoms with Crippen LogP contribution < -0.4 is 9.47 Å². The second kappa shape index (κ2) is 9.76. The molecule has 0 saturated heterocycles. The molecule has 3 aliphatic rings. The fourth-order valence-electron chi connectivity index (χ4n) is 7.09. The van der Waals surface area contributed by atoms with E-state index in [9.17, 15) is 9.90 Å². The Labute approximate surface area is 216 Å². The van der Waals surface area contributed by atoms with E-state index in [1.54, 1.807) is 0 Å². The molecule has 194 valence electrons. The third kappa shape index (κ3) is 4.64. The minimum atomic E-state index is -0.650. The minimum Gasteiger partial charge on any atom is -0.493 e. The monoisotopic (exact) mass is 490 g/mol. The molecule has 3 aliphatic carbocycles. The third-order valence-corrected chi connectivity index (χ3v) is 9.22. The first-order valence-corrected chi connectivity index (χ1v) is 13.9. The molecule has 36 heavy (non-hydrogen) atoms. The van der Waals surface area contributed by atoms with Gasteiger partial charge in [-0.3, -0.25) is 4.79 Å². The lowest BCUT2D eigenvalue weighted by atomic mass is 9.52. The molecule has 0 aliphatic heterocycles. The fourth-order valence-corrected chi connectivity index (χ4v) is 7.09. The van der Waals surface area contributed by atoms with Gasteiger partial charge in [0.1, 0.15) is 18.1 Å². The van der Waals surface area contributed by atoms with Crippen LogP contribution in [0.4, 0.5) is 0 Å². The normalized spacial score (nSPS) is 26.5. The molecule has 1 N–H and O–H groups in total. The van der Waals surface area contributed by atoms with Gasteiger partial charge in [-0.25, -0.2) is 0 Å². The van der Waals surface area contributed by atoms with Crippen molar-refractivity contribution in [3.8, 4) is 11.5 Å². The van der Waals surface area contributed by atoms with E-state index in [2.05, 4.69) is 64.1 Å². The molecule has 3 atom stereocenters. The quantitative estimate of drug-likeness (QED) is 0.413. The molecule has 0 aromatic heterocycles. The van der Waals surface area contributed by atoms with Gasteiger partial charge in [-0.05, 0) is 109 Å². The van der Waals surface area contributed by atoms with E-state index in [0.717, 1.165) is 55.8 Å². The number of ether oxygens (including phenoxy) is 2. The number of carbonyl (C=O) groups is 1. The lowest BCUT2D eigenvalue weighted by Crippen LogP contribution is -2.50. The van der Waals surface area contributed by atoms with Crippen molar-refractivity contribution in [2.75, 3.05) is 6.61 Å². The van der Waals surface area contributed by atoms with Crippen molar-refractivity contribution >= 4 is 5.97 Å². The summed E-state index contributed by atoms with van der Waals surface area (Å²) in [6.45, 7) is 10.4. The van der Waals surface area contributed by atoms with Crippen LogP contribution in [0.15, 0.2) is 36.4 Å². The topological polar surface area (TPSA) is 55.8 Å². The first-order valence-electron chi connectivity index (χ1n) is 13.9. The van der Waals surface area contributed by atoms with Crippen LogP contribution in [0.25, 0.3) is 0 Å². The zero-order valence-corrected chi connectivity index (χ0v) is 22.4. The van der Waals surface area contributed by atoms with Crippen LogP contribution in [0.3, 0.4) is 0 Å². The maximum Gasteiger partial charge on any atom is 0.307 e. The molecule has 2 aromatic rings. The second-order valence-corrected chi connectivity index (χ2v) is 12.6. The smallest absolute Gasteiger partial charge is 0.307 e. The summed E-state index contributed by atoms with van der Waals surface area (Å²) in [7, 11) is 0. The highest BCUT2D eigenvalue weighted by Crippen LogP contribution is 2.56. The zero-order valence-electron chi connectivity index (χ0n) is 22.4. The second-order valence-electron chi connectivity index (χ2n) is 12.6. The van der Waals surface area contributed by atoms with E-state index in [1.807, 2.05) is 0 Å². The van der Waals surface area contributed by atoms with Gasteiger partial charge in [0.15, 0.2) is 0 Å². The number of aliphatic carboxylic acids is 1. The van der Waals surface area contributed by atoms with Gasteiger partial charge in [0, 0.05) is 5.41 Å². The van der Waals surface area contributed by atoms with E-state index in [4.69, 9.17) is 9.47 Å². The molecule has 0 radical (unpaired) electrons. The molecule has 4 heteroatoms. The Bertz CT molecular complexity index is 1120. The number of carboxylic acids is 1. The lowest BCUT2D eigenvalue weighted by Gasteiger charge is -2.51. The minimum absolute atomic E-state index is 0.199. The van der Waals surface area contributed by atoms with E-state index in [-0.39, 0.29) is 16.7 Å². The number of hydrogen-bond donors (Lipinski definition) is 1. The summed E-state index contributed by atoms with van der Waals surface area (Å²) in [4.78, 5) is 11.9. The first-order chi connectivity index (χ1) is 17.2. The van der Waals surface area contributed by atoms with Crippen LogP contribution >= 0.6 is 0 Å². The predicted octanol–water partition coefficient (Wildman–Crippen LogP) is 7.66. The number of fused-ring (bicyclic) bond motifs is 2. The van der Waals surface area contributed by atoms with Crippen molar-refractivity contribution in [1.29, 1.82) is 0 Å². The van der Waals surface area contributed by atoms with Crippen molar-refractivity contribution in [2.24, 2.45) is 17.3 Å².